The summed E-state index contributed by atoms with van der Waals surface area (Å²) in [5.41, 5.74) is 5.66. The first kappa shape index (κ1) is 12.4. The van der Waals surface area contributed by atoms with Crippen LogP contribution < -0.4 is 5.73 Å². The standard InChI is InChI=1S/C8H16N2O4S/c1-14-8(11)6-15(12,13)10-4-2-3-7(9)5-10/h7H,2-6,9H2,1H3/t7-/m1/s1. The van der Waals surface area contributed by atoms with Crippen LogP contribution >= 0.6 is 0 Å². The van der Waals surface area contributed by atoms with Crippen molar-refractivity contribution in [2.45, 2.75) is 18.9 Å². The van der Waals surface area contributed by atoms with Gasteiger partial charge >= 0.3 is 5.97 Å². The molecule has 6 nitrogen and oxygen atoms in total. The van der Waals surface area contributed by atoms with Crippen LogP contribution in [0.15, 0.2) is 0 Å². The number of methoxy groups -OCH3 is 1. The van der Waals surface area contributed by atoms with Crippen LogP contribution in [0.25, 0.3) is 0 Å². The highest BCUT2D eigenvalue weighted by atomic mass is 32.2. The molecule has 0 bridgehead atoms. The Bertz CT molecular complexity index is 328. The predicted octanol–water partition coefficient (Wildman–Crippen LogP) is -1.09. The number of hydrogen-bond donors (Lipinski definition) is 1. The van der Waals surface area contributed by atoms with Gasteiger partial charge in [0.05, 0.1) is 7.11 Å². The van der Waals surface area contributed by atoms with E-state index in [2.05, 4.69) is 4.74 Å². The van der Waals surface area contributed by atoms with Crippen molar-refractivity contribution in [1.82, 2.24) is 4.31 Å². The third kappa shape index (κ3) is 3.44. The van der Waals surface area contributed by atoms with Gasteiger partial charge in [0.15, 0.2) is 5.75 Å². The number of carbonyl (C=O) groups is 1. The lowest BCUT2D eigenvalue weighted by Crippen LogP contribution is -2.47. The molecular formula is C8H16N2O4S. The van der Waals surface area contributed by atoms with Crippen molar-refractivity contribution >= 4 is 16.0 Å². The Morgan fingerprint density at radius 1 is 1.60 bits per heavy atom. The quantitative estimate of drug-likeness (QED) is 0.629. The molecule has 2 N–H and O–H groups in total. The number of nitrogens with two attached hydrogens (primary N) is 1. The normalized spacial score (nSPS) is 23.7. The van der Waals surface area contributed by atoms with E-state index in [0.29, 0.717) is 13.1 Å². The molecule has 0 radical (unpaired) electrons. The van der Waals surface area contributed by atoms with E-state index in [9.17, 15) is 13.2 Å². The molecule has 0 saturated carbocycles. The lowest BCUT2D eigenvalue weighted by Gasteiger charge is -2.29. The molecule has 0 aromatic carbocycles. The smallest absolute Gasteiger partial charge is 0.322 e. The molecule has 0 amide bonds. The Morgan fingerprint density at radius 2 is 2.27 bits per heavy atom. The third-order valence-electron chi connectivity index (χ3n) is 2.34. The van der Waals surface area contributed by atoms with Gasteiger partial charge in [-0.2, -0.15) is 4.31 Å². The van der Waals surface area contributed by atoms with E-state index in [1.54, 1.807) is 0 Å². The Hall–Kier alpha value is -0.660. The lowest BCUT2D eigenvalue weighted by atomic mass is 10.1. The van der Waals surface area contributed by atoms with Crippen LogP contribution in [0.4, 0.5) is 0 Å². The fourth-order valence-electron chi connectivity index (χ4n) is 1.53. The number of hydrogen-bond acceptors (Lipinski definition) is 5. The van der Waals surface area contributed by atoms with Gasteiger partial charge < -0.3 is 10.5 Å². The zero-order chi connectivity index (χ0) is 11.5. The molecule has 15 heavy (non-hydrogen) atoms. The highest BCUT2D eigenvalue weighted by molar-refractivity contribution is 7.89. The second-order valence-electron chi connectivity index (χ2n) is 3.59. The van der Waals surface area contributed by atoms with Gasteiger partial charge in [-0.05, 0) is 12.8 Å². The van der Waals surface area contributed by atoms with E-state index in [4.69, 9.17) is 5.73 Å². The summed E-state index contributed by atoms with van der Waals surface area (Å²) in [6, 6.07) is -0.133. The third-order valence-corrected chi connectivity index (χ3v) is 4.06. The minimum atomic E-state index is -3.55. The maximum atomic E-state index is 11.7. The summed E-state index contributed by atoms with van der Waals surface area (Å²) in [5.74, 6) is -1.34. The minimum absolute atomic E-state index is 0.133. The second-order valence-corrected chi connectivity index (χ2v) is 5.56. The van der Waals surface area contributed by atoms with Crippen LogP contribution in [-0.2, 0) is 19.6 Å². The van der Waals surface area contributed by atoms with E-state index >= 15 is 0 Å². The SMILES string of the molecule is COC(=O)CS(=O)(=O)N1CCC[C@@H](N)C1. The molecule has 1 fully saturated rings. The number of carbonyl (C=O) groups excluding carboxylic acids is 1. The van der Waals surface area contributed by atoms with E-state index < -0.39 is 21.7 Å². The van der Waals surface area contributed by atoms with Gasteiger partial charge in [0, 0.05) is 19.1 Å². The van der Waals surface area contributed by atoms with Gasteiger partial charge in [0.25, 0.3) is 0 Å². The van der Waals surface area contributed by atoms with Gasteiger partial charge in [-0.1, -0.05) is 0 Å². The van der Waals surface area contributed by atoms with E-state index in [1.807, 2.05) is 0 Å². The molecule has 0 aromatic rings. The first-order chi connectivity index (χ1) is 6.95. The molecule has 1 atom stereocenters. The molecule has 1 aliphatic heterocycles. The van der Waals surface area contributed by atoms with Crippen LogP contribution in [0.5, 0.6) is 0 Å². The first-order valence-corrected chi connectivity index (χ1v) is 6.37. The summed E-state index contributed by atoms with van der Waals surface area (Å²) in [7, 11) is -2.38. The Morgan fingerprint density at radius 3 is 2.80 bits per heavy atom. The van der Waals surface area contributed by atoms with Crippen molar-refractivity contribution in [2.75, 3.05) is 26.0 Å². The summed E-state index contributed by atoms with van der Waals surface area (Å²) >= 11 is 0. The van der Waals surface area contributed by atoms with Crippen molar-refractivity contribution in [3.8, 4) is 0 Å². The van der Waals surface area contributed by atoms with Crippen molar-refractivity contribution in [2.24, 2.45) is 5.73 Å². The van der Waals surface area contributed by atoms with E-state index in [-0.39, 0.29) is 6.04 Å². The number of ether oxygens (including phenoxy) is 1. The Kier molecular flexibility index (Phi) is 4.06. The molecule has 1 rings (SSSR count). The lowest BCUT2D eigenvalue weighted by molar-refractivity contribution is -0.137. The molecule has 7 heteroatoms. The van der Waals surface area contributed by atoms with Crippen LogP contribution in [0.2, 0.25) is 0 Å². The molecule has 1 heterocycles. The largest absolute Gasteiger partial charge is 0.468 e. The topological polar surface area (TPSA) is 89.7 Å². The van der Waals surface area contributed by atoms with Gasteiger partial charge in [-0.15, -0.1) is 0 Å². The summed E-state index contributed by atoms with van der Waals surface area (Å²) in [5, 5.41) is 0. The van der Waals surface area contributed by atoms with E-state index in [1.165, 1.54) is 11.4 Å². The minimum Gasteiger partial charge on any atom is -0.468 e. The van der Waals surface area contributed by atoms with Crippen LogP contribution in [0.1, 0.15) is 12.8 Å². The summed E-state index contributed by atoms with van der Waals surface area (Å²) in [6.45, 7) is 0.729. The molecule has 1 saturated heterocycles. The monoisotopic (exact) mass is 236 g/mol. The first-order valence-electron chi connectivity index (χ1n) is 4.76. The number of esters is 1. The zero-order valence-corrected chi connectivity index (χ0v) is 9.50. The Labute approximate surface area is 89.4 Å². The summed E-state index contributed by atoms with van der Waals surface area (Å²) < 4.78 is 28.9. The molecule has 88 valence electrons. The number of piperidine rings is 1. The molecule has 0 aliphatic carbocycles. The Balaban J connectivity index is 2.64. The van der Waals surface area contributed by atoms with Crippen molar-refractivity contribution in [3.63, 3.8) is 0 Å². The average molecular weight is 236 g/mol. The highest BCUT2D eigenvalue weighted by Crippen LogP contribution is 2.12. The molecule has 0 spiro atoms. The molecular weight excluding hydrogens is 220 g/mol. The van der Waals surface area contributed by atoms with Crippen LogP contribution in [0, 0.1) is 0 Å². The summed E-state index contributed by atoms with van der Waals surface area (Å²) in [6.07, 6.45) is 1.56. The van der Waals surface area contributed by atoms with Gasteiger partial charge in [0.1, 0.15) is 0 Å². The fourth-order valence-corrected chi connectivity index (χ4v) is 2.95. The van der Waals surface area contributed by atoms with Gasteiger partial charge in [-0.3, -0.25) is 4.79 Å². The zero-order valence-electron chi connectivity index (χ0n) is 8.68. The van der Waals surface area contributed by atoms with Crippen LogP contribution in [0.3, 0.4) is 0 Å². The second kappa shape index (κ2) is 4.91. The number of nitrogens with zero attached hydrogens (tertiary/aromatic N) is 1. The number of rotatable bonds is 3. The molecule has 0 aromatic heterocycles. The van der Waals surface area contributed by atoms with Gasteiger partial charge in [0.2, 0.25) is 10.0 Å². The summed E-state index contributed by atoms with van der Waals surface area (Å²) in [4.78, 5) is 10.9. The fraction of sp³-hybridized carbons (Fsp3) is 0.875. The van der Waals surface area contributed by atoms with Crippen molar-refractivity contribution in [3.05, 3.63) is 0 Å². The number of sulfonamides is 1. The van der Waals surface area contributed by atoms with Crippen molar-refractivity contribution < 1.29 is 17.9 Å². The predicted molar refractivity (Wildman–Crippen MR) is 54.6 cm³/mol. The average Bonchev–Trinajstić information content (AvgIpc) is 2.17. The molecule has 1 aliphatic rings. The van der Waals surface area contributed by atoms with Crippen molar-refractivity contribution in [1.29, 1.82) is 0 Å². The van der Waals surface area contributed by atoms with Crippen LogP contribution in [-0.4, -0.2) is 50.7 Å². The van der Waals surface area contributed by atoms with Gasteiger partial charge in [-0.25, -0.2) is 8.42 Å². The highest BCUT2D eigenvalue weighted by Gasteiger charge is 2.29. The maximum absolute atomic E-state index is 11.7. The van der Waals surface area contributed by atoms with E-state index in [0.717, 1.165) is 12.8 Å². The maximum Gasteiger partial charge on any atom is 0.322 e. The molecule has 0 unspecified atom stereocenters.